The van der Waals surface area contributed by atoms with Crippen molar-refractivity contribution in [1.29, 1.82) is 0 Å². The molecule has 3 nitrogen and oxygen atoms in total. The molecule has 0 unspecified atom stereocenters. The van der Waals surface area contributed by atoms with Gasteiger partial charge in [-0.3, -0.25) is 28.9 Å². The number of nitro benzene ring substituents is 1. The molecular weight excluding hydrogens is 262 g/mol. The molecule has 0 aliphatic heterocycles. The zero-order valence-corrected chi connectivity index (χ0v) is 8.66. The van der Waals surface area contributed by atoms with Crippen molar-refractivity contribution in [1.82, 2.24) is 0 Å². The Labute approximate surface area is 94.3 Å². The summed E-state index contributed by atoms with van der Waals surface area (Å²) in [6.45, 7) is 0. The van der Waals surface area contributed by atoms with E-state index in [1.54, 1.807) is 12.1 Å². The van der Waals surface area contributed by atoms with Crippen LogP contribution in [-0.4, -0.2) is 4.92 Å². The van der Waals surface area contributed by atoms with Crippen molar-refractivity contribution in [3.05, 3.63) is 34.4 Å². The van der Waals surface area contributed by atoms with Crippen molar-refractivity contribution in [3.63, 3.8) is 0 Å². The molecule has 0 amide bonds. The summed E-state index contributed by atoms with van der Waals surface area (Å²) >= 11 is 4.69. The fourth-order valence-electron chi connectivity index (χ4n) is 0.608. The molecule has 0 aromatic heterocycles. The molecule has 9 heteroatoms. The molecule has 0 aliphatic carbocycles. The van der Waals surface area contributed by atoms with Crippen LogP contribution in [-0.2, 0) is 0 Å². The Balaban J connectivity index is -0.0000000667. The Bertz CT molecular complexity index is 279. The van der Waals surface area contributed by atoms with Crippen LogP contribution in [0.15, 0.2) is 29.2 Å². The molecule has 0 fully saturated rings. The van der Waals surface area contributed by atoms with E-state index in [2.05, 4.69) is 12.6 Å². The highest BCUT2D eigenvalue weighted by Gasteiger charge is 2.08. The average molecular weight is 271 g/mol. The Kier molecular flexibility index (Phi) is 25.0. The van der Waals surface area contributed by atoms with Crippen LogP contribution < -0.4 is 0 Å². The number of hydrogen-bond donors (Lipinski definition) is 0. The zero-order valence-electron chi connectivity index (χ0n) is 7.02. The summed E-state index contributed by atoms with van der Waals surface area (Å²) in [5, 5.41) is 10.2. The first-order valence-electron chi connectivity index (χ1n) is 2.62. The Morgan fingerprint density at radius 1 is 1.07 bits per heavy atom. The zero-order chi connectivity index (χ0) is 7.56. The van der Waals surface area contributed by atoms with Gasteiger partial charge in [0.2, 0.25) is 0 Å². The van der Waals surface area contributed by atoms with Gasteiger partial charge >= 0.3 is 0 Å². The standard InChI is InChI=1S/C6H4NO2S.ClH.4FH/c8-7(9)5-3-1-2-4-6(5)10;;;;;/h1-4H;5*1H. The van der Waals surface area contributed by atoms with Gasteiger partial charge in [0, 0.05) is 6.07 Å². The van der Waals surface area contributed by atoms with Gasteiger partial charge in [-0.2, -0.15) is 0 Å². The normalized spacial score (nSPS) is 6.13. The molecule has 0 bridgehead atoms. The smallest absolute Gasteiger partial charge is 0.269 e. The summed E-state index contributed by atoms with van der Waals surface area (Å²) in [7, 11) is 0. The minimum atomic E-state index is -0.484. The number of nitrogens with zero attached hydrogens (tertiary/aromatic N) is 1. The van der Waals surface area contributed by atoms with E-state index in [1.807, 2.05) is 0 Å². The van der Waals surface area contributed by atoms with Crippen LogP contribution in [0.5, 0.6) is 0 Å². The maximum Gasteiger partial charge on any atom is 0.287 e. The summed E-state index contributed by atoms with van der Waals surface area (Å²) < 4.78 is 0. The van der Waals surface area contributed by atoms with Crippen molar-refractivity contribution in [2.24, 2.45) is 0 Å². The largest absolute Gasteiger partial charge is 0.287 e. The number of nitro groups is 1. The highest BCUT2D eigenvalue weighted by molar-refractivity contribution is 7.80. The van der Waals surface area contributed by atoms with Crippen LogP contribution in [0.25, 0.3) is 0 Å². The van der Waals surface area contributed by atoms with Crippen LogP contribution in [0.3, 0.4) is 0 Å². The lowest BCUT2D eigenvalue weighted by Crippen LogP contribution is -1.87. The predicted molar refractivity (Wildman–Crippen MR) is 56.2 cm³/mol. The van der Waals surface area contributed by atoms with E-state index in [0.29, 0.717) is 0 Å². The van der Waals surface area contributed by atoms with Crippen molar-refractivity contribution in [2.75, 3.05) is 0 Å². The van der Waals surface area contributed by atoms with Gasteiger partial charge in [0.25, 0.3) is 5.69 Å². The highest BCUT2D eigenvalue weighted by atomic mass is 35.5. The van der Waals surface area contributed by atoms with Crippen LogP contribution in [0.4, 0.5) is 24.5 Å². The van der Waals surface area contributed by atoms with Gasteiger partial charge in [0.15, 0.2) is 0 Å². The lowest BCUT2D eigenvalue weighted by atomic mass is 10.3. The highest BCUT2D eigenvalue weighted by Crippen LogP contribution is 2.20. The van der Waals surface area contributed by atoms with Crippen LogP contribution in [0.2, 0.25) is 0 Å². The monoisotopic (exact) mass is 270 g/mol. The second kappa shape index (κ2) is 12.8. The molecule has 91 valence electrons. The first-order chi connectivity index (χ1) is 4.72. The summed E-state index contributed by atoms with van der Waals surface area (Å²) in [5.41, 5.74) is -0.00231. The predicted octanol–water partition coefficient (Wildman–Crippen LogP) is 3.18. The lowest BCUT2D eigenvalue weighted by molar-refractivity contribution is -0.387. The SMILES string of the molecule is Cl.F.F.F.F.O=[N+]([O-])c1ccccc1[S]. The maximum absolute atomic E-state index is 10.2. The Hall–Kier alpha value is -1.15. The van der Waals surface area contributed by atoms with Crippen LogP contribution in [0, 0.1) is 10.1 Å². The minimum Gasteiger partial charge on any atom is -0.269 e. The third-order valence-corrected chi connectivity index (χ3v) is 1.41. The third kappa shape index (κ3) is 7.89. The molecule has 15 heavy (non-hydrogen) atoms. The van der Waals surface area contributed by atoms with Gasteiger partial charge in [-0.05, 0) is 6.07 Å². The first kappa shape index (κ1) is 29.2. The first-order valence-corrected chi connectivity index (χ1v) is 3.03. The Morgan fingerprint density at radius 2 is 1.47 bits per heavy atom. The molecule has 0 saturated heterocycles. The number of halogens is 5. The summed E-state index contributed by atoms with van der Waals surface area (Å²) in [4.78, 5) is 9.96. The lowest BCUT2D eigenvalue weighted by Gasteiger charge is -1.90. The quantitative estimate of drug-likeness (QED) is 0.447. The summed E-state index contributed by atoms with van der Waals surface area (Å²) in [5.74, 6) is 0. The third-order valence-electron chi connectivity index (χ3n) is 1.06. The fraction of sp³-hybridized carbons (Fsp3) is 0. The second-order valence-corrected chi connectivity index (χ2v) is 2.16. The molecule has 1 rings (SSSR count). The van der Waals surface area contributed by atoms with Crippen molar-refractivity contribution in [3.8, 4) is 0 Å². The van der Waals surface area contributed by atoms with E-state index in [4.69, 9.17) is 0 Å². The molecule has 1 aromatic rings. The van der Waals surface area contributed by atoms with Crippen molar-refractivity contribution < 1.29 is 23.7 Å². The molecule has 0 N–H and O–H groups in total. The van der Waals surface area contributed by atoms with Gasteiger partial charge in [-0.1, -0.05) is 24.8 Å². The van der Waals surface area contributed by atoms with E-state index in [-0.39, 0.29) is 41.8 Å². The van der Waals surface area contributed by atoms with Crippen LogP contribution >= 0.6 is 25.0 Å². The van der Waals surface area contributed by atoms with E-state index < -0.39 is 4.92 Å². The van der Waals surface area contributed by atoms with Gasteiger partial charge < -0.3 is 0 Å². The molecule has 0 aliphatic rings. The summed E-state index contributed by atoms with van der Waals surface area (Å²) in [6.07, 6.45) is 0. The fourth-order valence-corrected chi connectivity index (χ4v) is 0.829. The van der Waals surface area contributed by atoms with E-state index in [1.165, 1.54) is 12.1 Å². The van der Waals surface area contributed by atoms with E-state index in [0.717, 1.165) is 0 Å². The number of rotatable bonds is 1. The maximum atomic E-state index is 10.2. The molecule has 1 aromatic carbocycles. The average Bonchev–Trinajstić information content (AvgIpc) is 1.88. The summed E-state index contributed by atoms with van der Waals surface area (Å²) in [6, 6.07) is 6.19. The van der Waals surface area contributed by atoms with Gasteiger partial charge in [0.05, 0.1) is 4.92 Å². The van der Waals surface area contributed by atoms with E-state index in [9.17, 15) is 10.1 Å². The second-order valence-electron chi connectivity index (χ2n) is 1.72. The minimum absolute atomic E-state index is 0. The van der Waals surface area contributed by atoms with E-state index >= 15 is 0 Å². The van der Waals surface area contributed by atoms with Gasteiger partial charge in [-0.25, -0.2) is 0 Å². The van der Waals surface area contributed by atoms with Gasteiger partial charge in [0.1, 0.15) is 4.90 Å². The number of hydrogen-bond acceptors (Lipinski definition) is 2. The topological polar surface area (TPSA) is 43.1 Å². The van der Waals surface area contributed by atoms with Crippen molar-refractivity contribution in [2.45, 2.75) is 4.90 Å². The molecule has 0 spiro atoms. The molecule has 0 atom stereocenters. The molecular formula is C6H9ClF4NO2S. The molecule has 0 saturated carbocycles. The van der Waals surface area contributed by atoms with Crippen LogP contribution in [0.1, 0.15) is 0 Å². The van der Waals surface area contributed by atoms with Crippen molar-refractivity contribution >= 4 is 30.7 Å². The molecule has 1 radical (unpaired) electrons. The molecule has 0 heterocycles. The van der Waals surface area contributed by atoms with Gasteiger partial charge in [-0.15, -0.1) is 12.4 Å². The number of para-hydroxylation sites is 1. The number of benzene rings is 1. The Morgan fingerprint density at radius 3 is 1.73 bits per heavy atom.